The highest BCUT2D eigenvalue weighted by Gasteiger charge is 2.11. The number of benzene rings is 3. The molecule has 0 heterocycles. The third-order valence-electron chi connectivity index (χ3n) is 3.73. The molecule has 0 aliphatic carbocycles. The lowest BCUT2D eigenvalue weighted by Crippen LogP contribution is -1.98. The number of aryl methyl sites for hydroxylation is 1. The van der Waals surface area contributed by atoms with Crippen LogP contribution in [-0.4, -0.2) is 14.6 Å². The summed E-state index contributed by atoms with van der Waals surface area (Å²) in [6, 6.07) is 23.6. The summed E-state index contributed by atoms with van der Waals surface area (Å²) in [7, 11) is -3.74. The monoisotopic (exact) mass is 359 g/mol. The predicted octanol–water partition coefficient (Wildman–Crippen LogP) is 4.20. The smallest absolute Gasteiger partial charge is 0.199 e. The summed E-state index contributed by atoms with van der Waals surface area (Å²) in [4.78, 5) is 0.173. The van der Waals surface area contributed by atoms with E-state index in [4.69, 9.17) is 0 Å². The van der Waals surface area contributed by atoms with Gasteiger partial charge in [0, 0.05) is 22.9 Å². The first-order valence-electron chi connectivity index (χ1n) is 8.08. The second kappa shape index (κ2) is 7.81. The molecule has 3 aromatic rings. The van der Waals surface area contributed by atoms with E-state index in [0.29, 0.717) is 5.56 Å². The van der Waals surface area contributed by atoms with Gasteiger partial charge in [0.15, 0.2) is 0 Å². The molecule has 0 unspecified atom stereocenters. The summed E-state index contributed by atoms with van der Waals surface area (Å²) in [5.74, 6) is 6.15. The maximum atomic E-state index is 12.4. The van der Waals surface area contributed by atoms with Crippen molar-refractivity contribution in [2.45, 2.75) is 11.8 Å². The van der Waals surface area contributed by atoms with Crippen LogP contribution in [0.25, 0.3) is 0 Å². The van der Waals surface area contributed by atoms with Crippen molar-refractivity contribution in [2.24, 2.45) is 4.40 Å². The molecule has 0 saturated carbocycles. The fraction of sp³-hybridized carbons (Fsp3) is 0.0455. The number of hydrogen-bond donors (Lipinski definition) is 0. The quantitative estimate of drug-likeness (QED) is 0.520. The lowest BCUT2D eigenvalue weighted by molar-refractivity contribution is 0.598. The molecule has 3 aromatic carbocycles. The number of hydrogen-bond acceptors (Lipinski definition) is 2. The minimum absolute atomic E-state index is 0.173. The molecule has 3 nitrogen and oxygen atoms in total. The zero-order valence-electron chi connectivity index (χ0n) is 14.3. The second-order valence-electron chi connectivity index (χ2n) is 5.73. The molecule has 3 rings (SSSR count). The van der Waals surface area contributed by atoms with Gasteiger partial charge in [-0.15, -0.1) is 0 Å². The van der Waals surface area contributed by atoms with Crippen LogP contribution in [0.15, 0.2) is 88.2 Å². The fourth-order valence-corrected chi connectivity index (χ4v) is 3.14. The Labute approximate surface area is 154 Å². The van der Waals surface area contributed by atoms with Gasteiger partial charge in [0.2, 0.25) is 0 Å². The minimum Gasteiger partial charge on any atom is -0.199 e. The van der Waals surface area contributed by atoms with Crippen LogP contribution in [0.4, 0.5) is 0 Å². The topological polar surface area (TPSA) is 46.5 Å². The Kier molecular flexibility index (Phi) is 5.31. The summed E-state index contributed by atoms with van der Waals surface area (Å²) in [5.41, 5.74) is 3.27. The molecular formula is C22H17NO2S. The Balaban J connectivity index is 1.90. The number of rotatable bonds is 3. The Morgan fingerprint density at radius 2 is 1.46 bits per heavy atom. The summed E-state index contributed by atoms with van der Waals surface area (Å²) >= 11 is 0. The standard InChI is InChI=1S/C22H17NO2S/c1-18-11-15-22(16-12-18)26(24,25)23-17-21-10-6-5-9-20(21)14-13-19-7-3-2-4-8-19/h2-12,15-17H,1H3/b23-17+. The molecule has 0 spiro atoms. The van der Waals surface area contributed by atoms with E-state index < -0.39 is 10.0 Å². The summed E-state index contributed by atoms with van der Waals surface area (Å²) in [6.45, 7) is 1.90. The molecule has 0 N–H and O–H groups in total. The maximum Gasteiger partial charge on any atom is 0.282 e. The van der Waals surface area contributed by atoms with Crippen molar-refractivity contribution < 1.29 is 8.42 Å². The van der Waals surface area contributed by atoms with Crippen molar-refractivity contribution in [3.63, 3.8) is 0 Å². The molecular weight excluding hydrogens is 342 g/mol. The van der Waals surface area contributed by atoms with Gasteiger partial charge in [-0.25, -0.2) is 0 Å². The average Bonchev–Trinajstić information content (AvgIpc) is 2.66. The predicted molar refractivity (Wildman–Crippen MR) is 105 cm³/mol. The number of nitrogens with zero attached hydrogens (tertiary/aromatic N) is 1. The van der Waals surface area contributed by atoms with E-state index in [1.165, 1.54) is 6.21 Å². The van der Waals surface area contributed by atoms with Crippen molar-refractivity contribution in [2.75, 3.05) is 0 Å². The first kappa shape index (κ1) is 17.7. The van der Waals surface area contributed by atoms with Gasteiger partial charge in [0.1, 0.15) is 0 Å². The van der Waals surface area contributed by atoms with E-state index in [2.05, 4.69) is 16.2 Å². The summed E-state index contributed by atoms with van der Waals surface area (Å²) in [5, 5.41) is 0. The molecule has 0 aliphatic rings. The molecule has 4 heteroatoms. The minimum atomic E-state index is -3.74. The van der Waals surface area contributed by atoms with Gasteiger partial charge in [0.25, 0.3) is 10.0 Å². The van der Waals surface area contributed by atoms with Crippen LogP contribution in [-0.2, 0) is 10.0 Å². The maximum absolute atomic E-state index is 12.4. The zero-order valence-corrected chi connectivity index (χ0v) is 15.1. The Bertz CT molecular complexity index is 1090. The van der Waals surface area contributed by atoms with Crippen molar-refractivity contribution in [1.29, 1.82) is 0 Å². The van der Waals surface area contributed by atoms with Gasteiger partial charge < -0.3 is 0 Å². The third-order valence-corrected chi connectivity index (χ3v) is 4.98. The van der Waals surface area contributed by atoms with Crippen molar-refractivity contribution >= 4 is 16.2 Å². The van der Waals surface area contributed by atoms with Crippen LogP contribution in [0.2, 0.25) is 0 Å². The Morgan fingerprint density at radius 3 is 2.19 bits per heavy atom. The fourth-order valence-electron chi connectivity index (χ4n) is 2.28. The first-order valence-corrected chi connectivity index (χ1v) is 9.52. The Morgan fingerprint density at radius 1 is 0.808 bits per heavy atom. The average molecular weight is 359 g/mol. The summed E-state index contributed by atoms with van der Waals surface area (Å²) in [6.07, 6.45) is 1.35. The van der Waals surface area contributed by atoms with Crippen LogP contribution in [0.5, 0.6) is 0 Å². The molecule has 0 fully saturated rings. The molecule has 0 saturated heterocycles. The normalized spacial score (nSPS) is 11.1. The van der Waals surface area contributed by atoms with Gasteiger partial charge in [0.05, 0.1) is 4.90 Å². The summed E-state index contributed by atoms with van der Waals surface area (Å²) < 4.78 is 28.6. The molecule has 0 radical (unpaired) electrons. The lowest BCUT2D eigenvalue weighted by atomic mass is 10.1. The zero-order chi connectivity index (χ0) is 18.4. The van der Waals surface area contributed by atoms with Crippen molar-refractivity contribution in [3.05, 3.63) is 101 Å². The molecule has 0 atom stereocenters. The third kappa shape index (κ3) is 4.47. The van der Waals surface area contributed by atoms with Crippen LogP contribution in [0, 0.1) is 18.8 Å². The van der Waals surface area contributed by atoms with Crippen LogP contribution < -0.4 is 0 Å². The SMILES string of the molecule is Cc1ccc(S(=O)(=O)/N=C/c2ccccc2C#Cc2ccccc2)cc1. The van der Waals surface area contributed by atoms with E-state index >= 15 is 0 Å². The highest BCUT2D eigenvalue weighted by atomic mass is 32.2. The highest BCUT2D eigenvalue weighted by molar-refractivity contribution is 7.90. The van der Waals surface area contributed by atoms with Crippen LogP contribution in [0.3, 0.4) is 0 Å². The largest absolute Gasteiger partial charge is 0.282 e. The van der Waals surface area contributed by atoms with Gasteiger partial charge in [-0.1, -0.05) is 65.9 Å². The van der Waals surface area contributed by atoms with E-state index in [9.17, 15) is 8.42 Å². The second-order valence-corrected chi connectivity index (χ2v) is 7.36. The van der Waals surface area contributed by atoms with Crippen molar-refractivity contribution in [3.8, 4) is 11.8 Å². The molecule has 128 valence electrons. The van der Waals surface area contributed by atoms with Crippen molar-refractivity contribution in [1.82, 2.24) is 0 Å². The van der Waals surface area contributed by atoms with Gasteiger partial charge in [-0.3, -0.25) is 0 Å². The van der Waals surface area contributed by atoms with Gasteiger partial charge in [-0.05, 0) is 37.3 Å². The van der Waals surface area contributed by atoms with E-state index in [1.54, 1.807) is 30.3 Å². The first-order chi connectivity index (χ1) is 12.5. The highest BCUT2D eigenvalue weighted by Crippen LogP contribution is 2.14. The van der Waals surface area contributed by atoms with Gasteiger partial charge in [-0.2, -0.15) is 12.8 Å². The van der Waals surface area contributed by atoms with Crippen LogP contribution >= 0.6 is 0 Å². The molecule has 26 heavy (non-hydrogen) atoms. The van der Waals surface area contributed by atoms with E-state index in [0.717, 1.165) is 16.7 Å². The van der Waals surface area contributed by atoms with E-state index in [-0.39, 0.29) is 4.90 Å². The number of sulfonamides is 1. The molecule has 0 bridgehead atoms. The molecule has 0 aliphatic heterocycles. The van der Waals surface area contributed by atoms with Crippen LogP contribution in [0.1, 0.15) is 22.3 Å². The Hall–Kier alpha value is -3.16. The van der Waals surface area contributed by atoms with E-state index in [1.807, 2.05) is 55.5 Å². The molecule has 0 aromatic heterocycles. The lowest BCUT2D eigenvalue weighted by Gasteiger charge is -2.00. The van der Waals surface area contributed by atoms with Gasteiger partial charge >= 0.3 is 0 Å². The molecule has 0 amide bonds.